The van der Waals surface area contributed by atoms with E-state index in [0.717, 1.165) is 0 Å². The first-order valence-corrected chi connectivity index (χ1v) is 10.4. The molecule has 1 fully saturated rings. The highest BCUT2D eigenvalue weighted by atomic mass is 35.5. The molecule has 0 bridgehead atoms. The fourth-order valence-electron chi connectivity index (χ4n) is 4.03. The Balaban J connectivity index is 1.83. The maximum atomic E-state index is 11.6. The van der Waals surface area contributed by atoms with Gasteiger partial charge in [-0.15, -0.1) is 0 Å². The number of ether oxygens (including phenoxy) is 1. The number of aliphatic hydroxyl groups excluding tert-OH is 1. The summed E-state index contributed by atoms with van der Waals surface area (Å²) >= 11 is 6.57. The van der Waals surface area contributed by atoms with Crippen LogP contribution in [-0.2, 0) is 14.9 Å². The molecule has 0 spiro atoms. The van der Waals surface area contributed by atoms with Crippen molar-refractivity contribution in [3.05, 3.63) is 58.6 Å². The smallest absolute Gasteiger partial charge is 0.477 e. The maximum absolute atomic E-state index is 11.6. The zero-order valence-corrected chi connectivity index (χ0v) is 18.6. The van der Waals surface area contributed by atoms with Gasteiger partial charge in [0.1, 0.15) is 11.9 Å². The van der Waals surface area contributed by atoms with Gasteiger partial charge in [-0.2, -0.15) is 0 Å². The first kappa shape index (κ1) is 22.0. The molecule has 31 heavy (non-hydrogen) atoms. The van der Waals surface area contributed by atoms with E-state index in [1.54, 1.807) is 36.4 Å². The Kier molecular flexibility index (Phi) is 5.25. The molecule has 0 aliphatic carbocycles. The third-order valence-electron chi connectivity index (χ3n) is 6.45. The number of halogens is 1. The minimum absolute atomic E-state index is 0.164. The van der Waals surface area contributed by atoms with E-state index in [1.165, 1.54) is 0 Å². The van der Waals surface area contributed by atoms with E-state index in [1.807, 2.05) is 33.8 Å². The number of fused-ring (bicyclic) bond motifs is 1. The minimum Gasteiger partial charge on any atom is -0.477 e. The summed E-state index contributed by atoms with van der Waals surface area (Å²) in [6.07, 6.45) is -2.43. The van der Waals surface area contributed by atoms with Crippen molar-refractivity contribution in [3.63, 3.8) is 0 Å². The zero-order chi connectivity index (χ0) is 22.6. The van der Waals surface area contributed by atoms with Gasteiger partial charge in [0.15, 0.2) is 5.60 Å². The molecule has 1 saturated heterocycles. The standard InChI is InChI=1S/C22H25BClNO6/c1-20(2)21(3,4)31-23(30-20)17-14(24)10-11-15-16(17)18(26)22(29-15,12-25-19(27)28)13-8-6-5-7-9-13/h5-11,18,25-26H,12H2,1-4H3,(H,27,28)/t18-,22+/m0/s1. The largest absolute Gasteiger partial charge is 0.496 e. The van der Waals surface area contributed by atoms with Crippen molar-refractivity contribution in [1.29, 1.82) is 0 Å². The van der Waals surface area contributed by atoms with Crippen LogP contribution in [0.4, 0.5) is 4.79 Å². The van der Waals surface area contributed by atoms with E-state index in [-0.39, 0.29) is 6.54 Å². The molecule has 0 saturated carbocycles. The molecular weight excluding hydrogens is 421 g/mol. The van der Waals surface area contributed by atoms with E-state index in [9.17, 15) is 15.0 Å². The predicted molar refractivity (Wildman–Crippen MR) is 117 cm³/mol. The van der Waals surface area contributed by atoms with Crippen molar-refractivity contribution in [1.82, 2.24) is 5.32 Å². The molecule has 4 rings (SSSR count). The molecule has 2 aliphatic rings. The summed E-state index contributed by atoms with van der Waals surface area (Å²) in [5, 5.41) is 23.5. The number of amides is 1. The van der Waals surface area contributed by atoms with Gasteiger partial charge >= 0.3 is 13.2 Å². The molecule has 2 aliphatic heterocycles. The van der Waals surface area contributed by atoms with Gasteiger partial charge in [0.05, 0.1) is 17.7 Å². The number of carboxylic acid groups (broad SMARTS) is 1. The lowest BCUT2D eigenvalue weighted by molar-refractivity contribution is -0.0306. The van der Waals surface area contributed by atoms with Crippen molar-refractivity contribution < 1.29 is 29.1 Å². The van der Waals surface area contributed by atoms with Crippen LogP contribution in [0.2, 0.25) is 5.02 Å². The highest BCUT2D eigenvalue weighted by Gasteiger charge is 2.57. The summed E-state index contributed by atoms with van der Waals surface area (Å²) < 4.78 is 18.6. The van der Waals surface area contributed by atoms with Gasteiger partial charge in [0, 0.05) is 21.6 Å². The summed E-state index contributed by atoms with van der Waals surface area (Å²) in [6.45, 7) is 7.57. The summed E-state index contributed by atoms with van der Waals surface area (Å²) in [4.78, 5) is 11.3. The molecule has 0 unspecified atom stereocenters. The quantitative estimate of drug-likeness (QED) is 0.625. The molecule has 164 valence electrons. The number of rotatable bonds is 4. The van der Waals surface area contributed by atoms with Crippen LogP contribution in [0.3, 0.4) is 0 Å². The van der Waals surface area contributed by atoms with Gasteiger partial charge in [-0.05, 0) is 39.8 Å². The lowest BCUT2D eigenvalue weighted by atomic mass is 9.72. The van der Waals surface area contributed by atoms with Crippen LogP contribution in [0.15, 0.2) is 42.5 Å². The average molecular weight is 446 g/mol. The van der Waals surface area contributed by atoms with Crippen molar-refractivity contribution in [2.45, 2.75) is 50.6 Å². The van der Waals surface area contributed by atoms with Crippen molar-refractivity contribution in [3.8, 4) is 5.75 Å². The van der Waals surface area contributed by atoms with Crippen molar-refractivity contribution in [2.24, 2.45) is 0 Å². The Labute approximate surface area is 186 Å². The second-order valence-corrected chi connectivity index (χ2v) is 9.29. The Bertz CT molecular complexity index is 999. The highest BCUT2D eigenvalue weighted by molar-refractivity contribution is 6.66. The molecule has 3 N–H and O–H groups in total. The van der Waals surface area contributed by atoms with Crippen LogP contribution in [-0.4, -0.2) is 41.2 Å². The summed E-state index contributed by atoms with van der Waals surface area (Å²) in [5.41, 5.74) is -1.03. The van der Waals surface area contributed by atoms with Gasteiger partial charge in [-0.3, -0.25) is 0 Å². The number of nitrogens with one attached hydrogen (secondary N) is 1. The first-order valence-electron chi connectivity index (χ1n) is 10.1. The molecule has 7 nitrogen and oxygen atoms in total. The van der Waals surface area contributed by atoms with E-state index in [4.69, 9.17) is 25.6 Å². The molecule has 9 heteroatoms. The van der Waals surface area contributed by atoms with E-state index < -0.39 is 36.1 Å². The Morgan fingerprint density at radius 2 is 1.71 bits per heavy atom. The summed E-state index contributed by atoms with van der Waals surface area (Å²) in [5.74, 6) is 0.401. The number of hydrogen-bond donors (Lipinski definition) is 3. The molecule has 0 radical (unpaired) electrons. The maximum Gasteiger partial charge on any atom is 0.496 e. The van der Waals surface area contributed by atoms with Gasteiger partial charge in [0.25, 0.3) is 0 Å². The molecular formula is C22H25BClNO6. The first-order chi connectivity index (χ1) is 14.5. The van der Waals surface area contributed by atoms with Crippen LogP contribution in [0.25, 0.3) is 0 Å². The van der Waals surface area contributed by atoms with Crippen LogP contribution >= 0.6 is 11.6 Å². The highest BCUT2D eigenvalue weighted by Crippen LogP contribution is 2.50. The SMILES string of the molecule is CC1(C)OB(c2c(Cl)ccc3c2[C@H](O)[C@@](CNC(=O)O)(c2ccccc2)O3)OC1(C)C. The number of hydrogen-bond acceptors (Lipinski definition) is 5. The molecule has 2 aromatic rings. The third kappa shape index (κ3) is 3.48. The lowest BCUT2D eigenvalue weighted by Gasteiger charge is -2.32. The normalized spacial score (nSPS) is 25.7. The molecule has 2 atom stereocenters. The second kappa shape index (κ2) is 7.41. The molecule has 2 heterocycles. The fourth-order valence-corrected chi connectivity index (χ4v) is 4.28. The molecule has 1 amide bonds. The van der Waals surface area contributed by atoms with E-state index in [2.05, 4.69) is 5.32 Å². The monoisotopic (exact) mass is 445 g/mol. The van der Waals surface area contributed by atoms with Gasteiger partial charge in [-0.25, -0.2) is 4.79 Å². The van der Waals surface area contributed by atoms with Gasteiger partial charge in [0.2, 0.25) is 0 Å². The molecule has 0 aromatic heterocycles. The molecule has 2 aromatic carbocycles. The van der Waals surface area contributed by atoms with Gasteiger partial charge < -0.3 is 29.6 Å². The number of benzene rings is 2. The second-order valence-electron chi connectivity index (χ2n) is 8.88. The van der Waals surface area contributed by atoms with Crippen LogP contribution in [0.1, 0.15) is 44.9 Å². The average Bonchev–Trinajstić information content (AvgIpc) is 3.11. The van der Waals surface area contributed by atoms with E-state index in [0.29, 0.717) is 27.4 Å². The fraction of sp³-hybridized carbons (Fsp3) is 0.409. The van der Waals surface area contributed by atoms with Crippen molar-refractivity contribution >= 4 is 30.3 Å². The number of carbonyl (C=O) groups is 1. The predicted octanol–water partition coefficient (Wildman–Crippen LogP) is 3.23. The third-order valence-corrected chi connectivity index (χ3v) is 6.78. The van der Waals surface area contributed by atoms with Crippen molar-refractivity contribution in [2.75, 3.05) is 6.54 Å². The van der Waals surface area contributed by atoms with Gasteiger partial charge in [-0.1, -0.05) is 41.9 Å². The van der Waals surface area contributed by atoms with E-state index >= 15 is 0 Å². The Hall–Kier alpha value is -2.26. The number of aliphatic hydroxyl groups is 1. The Morgan fingerprint density at radius 3 is 2.29 bits per heavy atom. The van der Waals surface area contributed by atoms with Crippen LogP contribution in [0.5, 0.6) is 5.75 Å². The van der Waals surface area contributed by atoms with Crippen LogP contribution < -0.4 is 15.5 Å². The topological polar surface area (TPSA) is 97.3 Å². The van der Waals surface area contributed by atoms with Crippen LogP contribution in [0, 0.1) is 0 Å². The zero-order valence-electron chi connectivity index (χ0n) is 17.8. The minimum atomic E-state index is -1.37. The summed E-state index contributed by atoms with van der Waals surface area (Å²) in [6, 6.07) is 12.4. The Morgan fingerprint density at radius 1 is 1.10 bits per heavy atom. The summed E-state index contributed by atoms with van der Waals surface area (Å²) in [7, 11) is -0.815. The lowest BCUT2D eigenvalue weighted by Crippen LogP contribution is -2.47.